The Morgan fingerprint density at radius 2 is 1.40 bits per heavy atom. The van der Waals surface area contributed by atoms with Gasteiger partial charge >= 0.3 is 11.9 Å². The topological polar surface area (TPSA) is 125 Å². The van der Waals surface area contributed by atoms with Crippen LogP contribution in [-0.4, -0.2) is 81.4 Å². The van der Waals surface area contributed by atoms with Gasteiger partial charge in [0.25, 0.3) is 0 Å². The van der Waals surface area contributed by atoms with Crippen molar-refractivity contribution >= 4 is 23.0 Å². The number of hydrogen-bond donors (Lipinski definition) is 0. The summed E-state index contributed by atoms with van der Waals surface area (Å²) in [6, 6.07) is 20.6. The van der Waals surface area contributed by atoms with Crippen LogP contribution in [0.15, 0.2) is 92.0 Å². The number of carbonyl (C=O) groups is 2. The largest absolute Gasteiger partial charge is 0.497 e. The van der Waals surface area contributed by atoms with Crippen molar-refractivity contribution in [2.45, 2.75) is 57.5 Å². The van der Waals surface area contributed by atoms with Crippen molar-refractivity contribution in [1.29, 1.82) is 0 Å². The zero-order valence-electron chi connectivity index (χ0n) is 31.7. The molecule has 1 saturated carbocycles. The maximum absolute atomic E-state index is 13.3. The molecule has 0 amide bonds. The summed E-state index contributed by atoms with van der Waals surface area (Å²) in [6.45, 7) is 10.2. The second kappa shape index (κ2) is 22.3. The van der Waals surface area contributed by atoms with Crippen LogP contribution in [-0.2, 0) is 28.5 Å². The van der Waals surface area contributed by atoms with Gasteiger partial charge in [-0.05, 0) is 74.9 Å². The Labute approximate surface area is 323 Å². The van der Waals surface area contributed by atoms with Crippen LogP contribution in [0.4, 0.5) is 0 Å². The van der Waals surface area contributed by atoms with Gasteiger partial charge in [0, 0.05) is 36.5 Å². The van der Waals surface area contributed by atoms with Gasteiger partial charge in [-0.3, -0.25) is 4.79 Å². The Hall–Kier alpha value is -5.10. The highest BCUT2D eigenvalue weighted by Gasteiger charge is 2.28. The maximum atomic E-state index is 13.3. The normalized spacial score (nSPS) is 15.3. The minimum Gasteiger partial charge on any atom is -0.497 e. The first kappa shape index (κ1) is 41.1. The highest BCUT2D eigenvalue weighted by molar-refractivity contribution is 5.87. The lowest BCUT2D eigenvalue weighted by molar-refractivity contribution is -0.141. The highest BCUT2D eigenvalue weighted by atomic mass is 16.6. The van der Waals surface area contributed by atoms with Gasteiger partial charge in [-0.15, -0.1) is 6.58 Å². The molecule has 11 nitrogen and oxygen atoms in total. The molecule has 0 unspecified atom stereocenters. The van der Waals surface area contributed by atoms with Gasteiger partial charge in [-0.2, -0.15) is 0 Å². The van der Waals surface area contributed by atoms with Crippen LogP contribution in [0.3, 0.4) is 0 Å². The van der Waals surface area contributed by atoms with E-state index in [9.17, 15) is 9.59 Å². The van der Waals surface area contributed by atoms with E-state index in [0.717, 1.165) is 81.8 Å². The molecule has 0 N–H and O–H groups in total. The minimum absolute atomic E-state index is 0.142. The van der Waals surface area contributed by atoms with Gasteiger partial charge in [-0.1, -0.05) is 49.8 Å². The average Bonchev–Trinajstić information content (AvgIpc) is 3.22. The van der Waals surface area contributed by atoms with Crippen molar-refractivity contribution < 1.29 is 42.7 Å². The lowest BCUT2D eigenvalue weighted by atomic mass is 9.87. The molecule has 1 aromatic heterocycles. The Bertz CT molecular complexity index is 1850. The van der Waals surface area contributed by atoms with E-state index in [4.69, 9.17) is 43.1 Å². The van der Waals surface area contributed by atoms with Crippen molar-refractivity contribution in [2.24, 2.45) is 5.92 Å². The Kier molecular flexibility index (Phi) is 16.7. The monoisotopic (exact) mass is 752 g/mol. The van der Waals surface area contributed by atoms with Gasteiger partial charge in [-0.25, -0.2) is 14.8 Å². The van der Waals surface area contributed by atoms with Crippen molar-refractivity contribution in [1.82, 2.24) is 9.97 Å². The minimum atomic E-state index is -0.487. The molecule has 1 heterocycles. The molecule has 0 bridgehead atoms. The zero-order valence-corrected chi connectivity index (χ0v) is 31.7. The summed E-state index contributed by atoms with van der Waals surface area (Å²) in [5.74, 6) is 0.876. The Morgan fingerprint density at radius 1 is 0.709 bits per heavy atom. The van der Waals surface area contributed by atoms with E-state index >= 15 is 0 Å². The first-order valence-electron chi connectivity index (χ1n) is 19.1. The summed E-state index contributed by atoms with van der Waals surface area (Å²) in [5, 5.41) is 0. The number of benzene rings is 3. The zero-order chi connectivity index (χ0) is 38.7. The van der Waals surface area contributed by atoms with Crippen LogP contribution >= 0.6 is 0 Å². The Balaban J connectivity index is 1.20. The van der Waals surface area contributed by atoms with E-state index in [0.29, 0.717) is 59.5 Å². The van der Waals surface area contributed by atoms with E-state index in [-0.39, 0.29) is 31.2 Å². The van der Waals surface area contributed by atoms with Crippen LogP contribution in [0.2, 0.25) is 0 Å². The third-order valence-electron chi connectivity index (χ3n) is 9.22. The molecule has 1 aliphatic rings. The fourth-order valence-corrected chi connectivity index (χ4v) is 6.33. The molecule has 55 heavy (non-hydrogen) atoms. The standard InChI is InChI=1S/C44H52N2O9/c1-4-22-50-23-8-6-7-9-24-52-35-18-16-32(17-19-35)44(48)55-38-15-11-13-34(30-38)42-43(33-12-10-14-36(29-33)49-3)46-40-31-37(20-21-39(40)45-42)53-27-25-51-26-28-54-41(47)5-2/h4-5,10-15,20-21,29-32,35H,1-2,6-9,16-19,22-28H2,3H3. The number of ether oxygens (including phenoxy) is 7. The smallest absolute Gasteiger partial charge is 0.330 e. The van der Waals surface area contributed by atoms with E-state index < -0.39 is 5.97 Å². The predicted molar refractivity (Wildman–Crippen MR) is 211 cm³/mol. The van der Waals surface area contributed by atoms with E-state index in [2.05, 4.69) is 13.2 Å². The summed E-state index contributed by atoms with van der Waals surface area (Å²) in [6.07, 6.45) is 10.6. The van der Waals surface area contributed by atoms with Gasteiger partial charge in [0.15, 0.2) is 0 Å². The fraction of sp³-hybridized carbons (Fsp3) is 0.409. The first-order chi connectivity index (χ1) is 27.0. The highest BCUT2D eigenvalue weighted by Crippen LogP contribution is 2.35. The maximum Gasteiger partial charge on any atom is 0.330 e. The molecule has 292 valence electrons. The number of rotatable bonds is 23. The number of methoxy groups -OCH3 is 1. The van der Waals surface area contributed by atoms with Crippen LogP contribution in [0.1, 0.15) is 51.4 Å². The summed E-state index contributed by atoms with van der Waals surface area (Å²) in [7, 11) is 1.62. The quantitative estimate of drug-likeness (QED) is 0.0239. The SMILES string of the molecule is C=CCOCCCCCCOC1CCC(C(=O)Oc2cccc(-c3nc4ccc(OCCOCCOC(=O)C=C)cc4nc3-c3cccc(OC)c3)c2)CC1. The Morgan fingerprint density at radius 3 is 2.13 bits per heavy atom. The van der Waals surface area contributed by atoms with Gasteiger partial charge in [0.05, 0.1) is 61.4 Å². The van der Waals surface area contributed by atoms with E-state index in [1.54, 1.807) is 19.3 Å². The van der Waals surface area contributed by atoms with Crippen molar-refractivity contribution in [3.05, 3.63) is 92.0 Å². The molecule has 4 aromatic rings. The molecule has 0 spiro atoms. The number of fused-ring (bicyclic) bond motifs is 1. The van der Waals surface area contributed by atoms with Gasteiger partial charge < -0.3 is 33.2 Å². The molecule has 0 aliphatic heterocycles. The number of aromatic nitrogens is 2. The van der Waals surface area contributed by atoms with Crippen LogP contribution in [0, 0.1) is 5.92 Å². The second-order valence-corrected chi connectivity index (χ2v) is 13.2. The predicted octanol–water partition coefficient (Wildman–Crippen LogP) is 8.34. The summed E-state index contributed by atoms with van der Waals surface area (Å²) < 4.78 is 39.4. The molecular weight excluding hydrogens is 700 g/mol. The lowest BCUT2D eigenvalue weighted by Gasteiger charge is -2.27. The first-order valence-corrected chi connectivity index (χ1v) is 19.1. The molecule has 5 rings (SSSR count). The van der Waals surface area contributed by atoms with Crippen LogP contribution < -0.4 is 14.2 Å². The van der Waals surface area contributed by atoms with E-state index in [1.807, 2.05) is 60.7 Å². The van der Waals surface area contributed by atoms with Crippen LogP contribution in [0.25, 0.3) is 33.5 Å². The molecule has 3 aromatic carbocycles. The summed E-state index contributed by atoms with van der Waals surface area (Å²) in [4.78, 5) is 34.6. The van der Waals surface area contributed by atoms with Crippen molar-refractivity contribution in [3.8, 4) is 39.8 Å². The molecule has 0 radical (unpaired) electrons. The number of carbonyl (C=O) groups excluding carboxylic acids is 2. The van der Waals surface area contributed by atoms with E-state index in [1.165, 1.54) is 0 Å². The van der Waals surface area contributed by atoms with Crippen LogP contribution in [0.5, 0.6) is 17.2 Å². The number of esters is 2. The molecular formula is C44H52N2O9. The number of nitrogens with zero attached hydrogens (tertiary/aromatic N) is 2. The average molecular weight is 753 g/mol. The third kappa shape index (κ3) is 13.0. The van der Waals surface area contributed by atoms with Crippen molar-refractivity contribution in [3.63, 3.8) is 0 Å². The number of unbranched alkanes of at least 4 members (excludes halogenated alkanes) is 3. The lowest BCUT2D eigenvalue weighted by Crippen LogP contribution is -2.29. The van der Waals surface area contributed by atoms with Gasteiger partial charge in [0.2, 0.25) is 0 Å². The molecule has 0 atom stereocenters. The van der Waals surface area contributed by atoms with Crippen molar-refractivity contribution in [2.75, 3.05) is 53.4 Å². The third-order valence-corrected chi connectivity index (χ3v) is 9.22. The number of hydrogen-bond acceptors (Lipinski definition) is 11. The summed E-state index contributed by atoms with van der Waals surface area (Å²) >= 11 is 0. The molecule has 1 aliphatic carbocycles. The van der Waals surface area contributed by atoms with Gasteiger partial charge in [0.1, 0.15) is 30.5 Å². The second-order valence-electron chi connectivity index (χ2n) is 13.2. The molecule has 11 heteroatoms. The molecule has 0 saturated heterocycles. The fourth-order valence-electron chi connectivity index (χ4n) is 6.33. The summed E-state index contributed by atoms with van der Waals surface area (Å²) in [5.41, 5.74) is 4.16. The molecule has 1 fully saturated rings.